The maximum atomic E-state index is 13.1. The Kier molecular flexibility index (Phi) is 37.3. The van der Waals surface area contributed by atoms with Gasteiger partial charge in [-0.15, -0.1) is 45.3 Å². The number of ether oxygens (including phenoxy) is 2. The maximum Gasteiger partial charge on any atom is 1.00 e. The van der Waals surface area contributed by atoms with Gasteiger partial charge in [0.2, 0.25) is 0 Å². The molecule has 0 radical (unpaired) electrons. The Morgan fingerprint density at radius 1 is 0.441 bits per heavy atom. The number of aromatic carboxylic acids is 1. The van der Waals surface area contributed by atoms with Gasteiger partial charge in [-0.2, -0.15) is 20.4 Å². The van der Waals surface area contributed by atoms with Crippen molar-refractivity contribution in [2.75, 3.05) is 14.2 Å². The number of pyridine rings is 4. The molecule has 14 aromatic rings. The minimum Gasteiger partial charge on any atom is -0.870 e. The van der Waals surface area contributed by atoms with E-state index < -0.39 is 30.3 Å². The number of benzene rings is 4. The number of carbonyl (C=O) groups excluding carboxylic acids is 3. The summed E-state index contributed by atoms with van der Waals surface area (Å²) in [6.07, 6.45) is 7.24. The molecule has 11 heterocycles. The number of halogens is 1. The van der Waals surface area contributed by atoms with E-state index >= 15 is 0 Å². The molecule has 127 heavy (non-hydrogen) atoms. The first-order chi connectivity index (χ1) is 59.5. The maximum absolute atomic E-state index is 13.1. The summed E-state index contributed by atoms with van der Waals surface area (Å²) in [6, 6.07) is 45.6. The first kappa shape index (κ1) is 101. The Bertz CT molecular complexity index is 5980. The van der Waals surface area contributed by atoms with Gasteiger partial charge in [0.25, 0.3) is 5.91 Å². The Hall–Kier alpha value is -11.0. The molecule has 15 rings (SSSR count). The van der Waals surface area contributed by atoms with Gasteiger partial charge in [-0.3, -0.25) is 24.7 Å². The number of aryl methyl sites for hydroxylation is 6. The molecule has 1 aliphatic heterocycles. The van der Waals surface area contributed by atoms with Gasteiger partial charge < -0.3 is 40.4 Å². The standard InChI is InChI=1S/C25H25N5OS.C20H24BNO4.C20H20N2O2S.C19H18N2O2S.C6H8BrNS.C6H9N3.Li.H2O/c1-15(2)24-23(28-14-32-24)19-9-18(22-8-5-16(3)12-26-22)10-20(11-19)25(31)27-13-21-7-6-17(4)29-30-21;1-13-7-8-17(22-12-13)14-9-15(18(23)24-6)11-16(10-14)21-25-19(2,3)20(4,5)26-21;1-12(2)19-18(22-11-25-19)15-7-14(8-16(9-15)20(23)24-4)17-6-5-13(3)10-21-17;1-11(2)18-17(21-10-24-18)14-6-13(7-15(8-14)19(22)23)16-5-4-12(3)9-20-16;1-4(2)5-6(7)9-3-8-5;1-5-2-3-6(4-7)9-8-5;;/h5-12,14-15H,13H2,1-4H3,(H,27,31);7-12H,1-6H3;5-12H,1-4H3;4-11H,1-3H3,(H,22,23);3-4H,1-2H3;2-3H,4,7H2,1H3;;1H2/q;;;;;;+1;/p-1. The van der Waals surface area contributed by atoms with Crippen molar-refractivity contribution < 1.29 is 67.4 Å². The van der Waals surface area contributed by atoms with Crippen LogP contribution in [-0.2, 0) is 31.9 Å². The van der Waals surface area contributed by atoms with Crippen LogP contribution >= 0.6 is 61.3 Å². The number of thiazole rings is 4. The molecule has 24 nitrogen and oxygen atoms in total. The zero-order valence-corrected chi connectivity index (χ0v) is 80.2. The molecular formula is C96H105BBrLiN14O10S4. The molecule has 0 bridgehead atoms. The van der Waals surface area contributed by atoms with E-state index in [0.717, 1.165) is 132 Å². The summed E-state index contributed by atoms with van der Waals surface area (Å²) in [5.41, 5.74) is 34.9. The van der Waals surface area contributed by atoms with Crippen molar-refractivity contribution in [1.29, 1.82) is 0 Å². The molecule has 5 N–H and O–H groups in total. The van der Waals surface area contributed by atoms with Gasteiger partial charge in [0.15, 0.2) is 0 Å². The van der Waals surface area contributed by atoms with E-state index in [4.69, 9.17) is 24.5 Å². The summed E-state index contributed by atoms with van der Waals surface area (Å²) in [5, 5.41) is 28.2. The van der Waals surface area contributed by atoms with Crippen LogP contribution in [0.25, 0.3) is 78.8 Å². The van der Waals surface area contributed by atoms with Crippen molar-refractivity contribution in [3.05, 3.63) is 284 Å². The van der Waals surface area contributed by atoms with E-state index in [9.17, 15) is 24.3 Å². The number of rotatable bonds is 19. The largest absolute Gasteiger partial charge is 1.00 e. The molecule has 654 valence electrons. The van der Waals surface area contributed by atoms with Crippen LogP contribution in [0.5, 0.6) is 0 Å². The first-order valence-corrected chi connectivity index (χ1v) is 44.9. The van der Waals surface area contributed by atoms with Crippen molar-refractivity contribution in [1.82, 2.24) is 65.6 Å². The van der Waals surface area contributed by atoms with Gasteiger partial charge in [-0.05, 0) is 252 Å². The quantitative estimate of drug-likeness (QED) is 0.0500. The third-order valence-corrected chi connectivity index (χ3v) is 25.1. The van der Waals surface area contributed by atoms with Crippen LogP contribution < -0.4 is 35.4 Å². The number of carbonyl (C=O) groups is 4. The number of hydrogen-bond acceptors (Lipinski definition) is 26. The molecule has 1 fully saturated rings. The average Bonchev–Trinajstić information content (AvgIpc) is 1.61. The zero-order chi connectivity index (χ0) is 90.6. The van der Waals surface area contributed by atoms with E-state index in [-0.39, 0.29) is 41.8 Å². The molecule has 10 aromatic heterocycles. The van der Waals surface area contributed by atoms with Gasteiger partial charge in [0.05, 0.1) is 143 Å². The number of nitrogens with two attached hydrogens (primary N) is 1. The van der Waals surface area contributed by atoms with E-state index in [1.165, 1.54) is 29.7 Å². The van der Waals surface area contributed by atoms with Gasteiger partial charge >= 0.3 is 43.9 Å². The minimum absolute atomic E-state index is 0. The molecule has 31 heteroatoms. The second kappa shape index (κ2) is 46.7. The topological polar surface area (TPSA) is 348 Å². The minimum atomic E-state index is -0.952. The van der Waals surface area contributed by atoms with Crippen molar-refractivity contribution in [3.63, 3.8) is 0 Å². The number of carboxylic acid groups (broad SMARTS) is 1. The number of amides is 1. The van der Waals surface area contributed by atoms with Crippen molar-refractivity contribution in [3.8, 4) is 78.8 Å². The van der Waals surface area contributed by atoms with Crippen LogP contribution in [0.4, 0.5) is 0 Å². The monoisotopic (exact) mass is 1840 g/mol. The Morgan fingerprint density at radius 2 is 0.787 bits per heavy atom. The fraction of sp³-hybridized carbons (Fsp3) is 0.292. The van der Waals surface area contributed by atoms with Crippen LogP contribution in [-0.4, -0.2) is 127 Å². The van der Waals surface area contributed by atoms with Crippen LogP contribution in [0.1, 0.15) is 214 Å². The van der Waals surface area contributed by atoms with Gasteiger partial charge in [-0.1, -0.05) is 85.7 Å². The van der Waals surface area contributed by atoms with Crippen LogP contribution in [0.3, 0.4) is 0 Å². The van der Waals surface area contributed by atoms with Gasteiger partial charge in [0, 0.05) is 90.5 Å². The molecule has 0 aliphatic carbocycles. The van der Waals surface area contributed by atoms with Crippen LogP contribution in [0.15, 0.2) is 196 Å². The van der Waals surface area contributed by atoms with Crippen molar-refractivity contribution in [2.24, 2.45) is 5.73 Å². The van der Waals surface area contributed by atoms with Crippen LogP contribution in [0.2, 0.25) is 0 Å². The van der Waals surface area contributed by atoms with Gasteiger partial charge in [0.1, 0.15) is 0 Å². The summed E-state index contributed by atoms with van der Waals surface area (Å²) >= 11 is 9.93. The molecule has 0 unspecified atom stereocenters. The normalized spacial score (nSPS) is 12.1. The predicted molar refractivity (Wildman–Crippen MR) is 507 cm³/mol. The third kappa shape index (κ3) is 27.5. The Balaban J connectivity index is 0.000000196. The molecule has 1 aliphatic rings. The summed E-state index contributed by atoms with van der Waals surface area (Å²) in [6.45, 7) is 37.6. The smallest absolute Gasteiger partial charge is 0.870 e. The zero-order valence-electron chi connectivity index (χ0n) is 75.4. The second-order valence-electron chi connectivity index (χ2n) is 32.0. The molecule has 4 aromatic carbocycles. The number of nitrogens with zero attached hydrogens (tertiary/aromatic N) is 12. The first-order valence-electron chi connectivity index (χ1n) is 40.6. The summed E-state index contributed by atoms with van der Waals surface area (Å²) < 4.78 is 23.3. The third-order valence-electron chi connectivity index (χ3n) is 20.1. The Morgan fingerprint density at radius 3 is 1.11 bits per heavy atom. The number of methoxy groups -OCH3 is 2. The van der Waals surface area contributed by atoms with Crippen molar-refractivity contribution in [2.45, 2.75) is 173 Å². The molecule has 1 amide bonds. The fourth-order valence-electron chi connectivity index (χ4n) is 12.5. The number of nitrogens with one attached hydrogen (secondary N) is 1. The summed E-state index contributed by atoms with van der Waals surface area (Å²) in [7, 11) is 2.20. The summed E-state index contributed by atoms with van der Waals surface area (Å²) in [5.74, 6) is -0.322. The number of hydrogen-bond donors (Lipinski definition) is 3. The predicted octanol–water partition coefficient (Wildman–Crippen LogP) is 18.7. The van der Waals surface area contributed by atoms with E-state index in [2.05, 4.69) is 143 Å². The summed E-state index contributed by atoms with van der Waals surface area (Å²) in [4.78, 5) is 88.2. The number of carboxylic acids is 1. The van der Waals surface area contributed by atoms with E-state index in [1.807, 2.05) is 219 Å². The molecule has 0 spiro atoms. The fourth-order valence-corrected chi connectivity index (χ4v) is 16.5. The van der Waals surface area contributed by atoms with E-state index in [1.54, 1.807) is 82.0 Å². The van der Waals surface area contributed by atoms with Gasteiger partial charge in [-0.25, -0.2) is 34.3 Å². The van der Waals surface area contributed by atoms with E-state index in [0.29, 0.717) is 59.1 Å². The number of esters is 2. The molecule has 0 saturated carbocycles. The Labute approximate surface area is 779 Å². The number of aromatic nitrogens is 12. The molecular weight excluding hydrogens is 1740 g/mol. The van der Waals surface area contributed by atoms with Crippen LogP contribution in [0, 0.1) is 41.5 Å². The molecule has 0 atom stereocenters. The second-order valence-corrected chi connectivity index (χ2v) is 36.9. The SMILES string of the molecule is CC(C)c1ncsc1Br.COC(=O)c1cc(-c2ccc(C)cn2)cc(-c2ncsc2C(C)C)c1.COC(=O)c1cc(B2OC(C)(C)C(C)(C)O2)cc(-c2ccc(C)cn2)c1.Cc1ccc(-c2cc(C(=O)NCc3ccc(C)nn3)cc(-c3ncsc3C(C)C)c2)nc1.Cc1ccc(-c2cc(C(=O)O)cc(-c3ncsc3C(C)C)c2)nc1.Cc1ccc(CN)nn1.[Li+].[OH-]. The average molecular weight is 1840 g/mol. The molecule has 1 saturated heterocycles. The van der Waals surface area contributed by atoms with Crippen molar-refractivity contribution >= 4 is 97.7 Å².